The van der Waals surface area contributed by atoms with Gasteiger partial charge in [0, 0.05) is 11.0 Å². The molecule has 1 N–H and O–H groups in total. The zero-order chi connectivity index (χ0) is 15.6. The van der Waals surface area contributed by atoms with Crippen molar-refractivity contribution in [1.29, 1.82) is 0 Å². The Kier molecular flexibility index (Phi) is 4.88. The Hall–Kier alpha value is -0.870. The third-order valence-electron chi connectivity index (χ3n) is 5.31. The summed E-state index contributed by atoms with van der Waals surface area (Å²) in [5.74, 6) is -0.661. The van der Waals surface area contributed by atoms with Gasteiger partial charge in [0.25, 0.3) is 0 Å². The van der Waals surface area contributed by atoms with Gasteiger partial charge in [0.1, 0.15) is 0 Å². The van der Waals surface area contributed by atoms with Gasteiger partial charge in [0.15, 0.2) is 0 Å². The van der Waals surface area contributed by atoms with Crippen LogP contribution in [0.3, 0.4) is 0 Å². The molecule has 2 aliphatic rings. The minimum atomic E-state index is -0.674. The molecule has 3 rings (SSSR count). The van der Waals surface area contributed by atoms with Gasteiger partial charge in [-0.2, -0.15) is 0 Å². The fraction of sp³-hybridized carbons (Fsp3) is 0.611. The van der Waals surface area contributed by atoms with E-state index < -0.39 is 11.4 Å². The zero-order valence-electron chi connectivity index (χ0n) is 13.0. The van der Waals surface area contributed by atoms with Crippen LogP contribution < -0.4 is 0 Å². The molecule has 120 valence electrons. The van der Waals surface area contributed by atoms with Crippen molar-refractivity contribution in [2.45, 2.75) is 56.9 Å². The highest BCUT2D eigenvalue weighted by atomic mass is 79.9. The van der Waals surface area contributed by atoms with Gasteiger partial charge in [-0.25, -0.2) is 0 Å². The lowest BCUT2D eigenvalue weighted by molar-refractivity contribution is -0.145. The molecular formula is C18H24BrNO2. The topological polar surface area (TPSA) is 40.5 Å². The Labute approximate surface area is 140 Å². The Bertz CT molecular complexity index is 546. The van der Waals surface area contributed by atoms with E-state index >= 15 is 0 Å². The van der Waals surface area contributed by atoms with E-state index in [-0.39, 0.29) is 0 Å². The van der Waals surface area contributed by atoms with Crippen LogP contribution in [0.5, 0.6) is 0 Å². The SMILES string of the molecule is O=C(O)C1(c2ccc(CN3CCCC3)c(Br)c2)CCCCC1. The lowest BCUT2D eigenvalue weighted by Crippen LogP contribution is -2.37. The Morgan fingerprint density at radius 2 is 1.82 bits per heavy atom. The van der Waals surface area contributed by atoms with Crippen molar-refractivity contribution in [1.82, 2.24) is 4.90 Å². The minimum Gasteiger partial charge on any atom is -0.481 e. The van der Waals surface area contributed by atoms with E-state index in [0.717, 1.165) is 48.7 Å². The maximum Gasteiger partial charge on any atom is 0.314 e. The Morgan fingerprint density at radius 3 is 2.41 bits per heavy atom. The summed E-state index contributed by atoms with van der Waals surface area (Å²) in [4.78, 5) is 14.4. The molecule has 3 nitrogen and oxygen atoms in total. The molecule has 1 aliphatic heterocycles. The summed E-state index contributed by atoms with van der Waals surface area (Å²) < 4.78 is 1.06. The van der Waals surface area contributed by atoms with Crippen molar-refractivity contribution in [3.05, 3.63) is 33.8 Å². The van der Waals surface area contributed by atoms with Crippen LogP contribution >= 0.6 is 15.9 Å². The molecule has 0 bridgehead atoms. The molecule has 0 radical (unpaired) electrons. The second-order valence-corrected chi connectivity index (χ2v) is 7.59. The van der Waals surface area contributed by atoms with Crippen LogP contribution in [0.15, 0.2) is 22.7 Å². The fourth-order valence-corrected chi connectivity index (χ4v) is 4.44. The second kappa shape index (κ2) is 6.71. The number of carboxylic acids is 1. The third-order valence-corrected chi connectivity index (χ3v) is 6.05. The van der Waals surface area contributed by atoms with Gasteiger partial charge < -0.3 is 5.11 Å². The lowest BCUT2D eigenvalue weighted by Gasteiger charge is -2.34. The van der Waals surface area contributed by atoms with E-state index in [4.69, 9.17) is 0 Å². The summed E-state index contributed by atoms with van der Waals surface area (Å²) >= 11 is 3.67. The van der Waals surface area contributed by atoms with Crippen molar-refractivity contribution < 1.29 is 9.90 Å². The molecule has 0 spiro atoms. The Balaban J connectivity index is 1.84. The number of carbonyl (C=O) groups is 1. The van der Waals surface area contributed by atoms with E-state index in [9.17, 15) is 9.90 Å². The van der Waals surface area contributed by atoms with E-state index in [2.05, 4.69) is 39.0 Å². The fourth-order valence-electron chi connectivity index (χ4n) is 3.94. The van der Waals surface area contributed by atoms with Gasteiger partial charge in [-0.05, 0) is 56.0 Å². The second-order valence-electron chi connectivity index (χ2n) is 6.74. The highest BCUT2D eigenvalue weighted by Gasteiger charge is 2.41. The number of nitrogens with zero attached hydrogens (tertiary/aromatic N) is 1. The molecular weight excluding hydrogens is 342 g/mol. The van der Waals surface area contributed by atoms with Crippen molar-refractivity contribution in [2.75, 3.05) is 13.1 Å². The van der Waals surface area contributed by atoms with Gasteiger partial charge in [-0.3, -0.25) is 9.69 Å². The van der Waals surface area contributed by atoms with Crippen LogP contribution in [0.2, 0.25) is 0 Å². The summed E-state index contributed by atoms with van der Waals surface area (Å²) in [7, 11) is 0. The molecule has 0 atom stereocenters. The first-order valence-corrected chi connectivity index (χ1v) is 9.16. The molecule has 2 fully saturated rings. The molecule has 22 heavy (non-hydrogen) atoms. The van der Waals surface area contributed by atoms with E-state index in [1.165, 1.54) is 31.5 Å². The number of hydrogen-bond acceptors (Lipinski definition) is 2. The maximum absolute atomic E-state index is 11.9. The molecule has 0 aromatic heterocycles. The van der Waals surface area contributed by atoms with Crippen LogP contribution in [-0.2, 0) is 16.8 Å². The van der Waals surface area contributed by atoms with Gasteiger partial charge >= 0.3 is 5.97 Å². The first kappa shape index (κ1) is 16.0. The van der Waals surface area contributed by atoms with Crippen LogP contribution in [0.4, 0.5) is 0 Å². The average Bonchev–Trinajstić information content (AvgIpc) is 3.03. The van der Waals surface area contributed by atoms with Crippen molar-refractivity contribution in [2.24, 2.45) is 0 Å². The van der Waals surface area contributed by atoms with Crippen LogP contribution in [0, 0.1) is 0 Å². The number of hydrogen-bond donors (Lipinski definition) is 1. The smallest absolute Gasteiger partial charge is 0.314 e. The number of carboxylic acid groups (broad SMARTS) is 1. The summed E-state index contributed by atoms with van der Waals surface area (Å²) in [6.45, 7) is 3.31. The summed E-state index contributed by atoms with van der Waals surface area (Å²) in [5.41, 5.74) is 1.56. The molecule has 1 heterocycles. The van der Waals surface area contributed by atoms with E-state index in [0.29, 0.717) is 0 Å². The zero-order valence-corrected chi connectivity index (χ0v) is 14.6. The van der Waals surface area contributed by atoms with Gasteiger partial charge in [-0.15, -0.1) is 0 Å². The molecule has 1 aliphatic carbocycles. The molecule has 1 saturated carbocycles. The number of aliphatic carboxylic acids is 1. The quantitative estimate of drug-likeness (QED) is 0.862. The molecule has 0 unspecified atom stereocenters. The van der Waals surface area contributed by atoms with E-state index in [1.807, 2.05) is 0 Å². The van der Waals surface area contributed by atoms with Gasteiger partial charge in [-0.1, -0.05) is 47.3 Å². The molecule has 1 saturated heterocycles. The number of rotatable bonds is 4. The molecule has 0 amide bonds. The van der Waals surface area contributed by atoms with Gasteiger partial charge in [0.05, 0.1) is 5.41 Å². The van der Waals surface area contributed by atoms with Crippen LogP contribution in [0.1, 0.15) is 56.1 Å². The monoisotopic (exact) mass is 365 g/mol. The number of likely N-dealkylation sites (tertiary alicyclic amines) is 1. The van der Waals surface area contributed by atoms with Gasteiger partial charge in [0.2, 0.25) is 0 Å². The highest BCUT2D eigenvalue weighted by Crippen LogP contribution is 2.41. The first-order valence-electron chi connectivity index (χ1n) is 8.36. The largest absolute Gasteiger partial charge is 0.481 e. The molecule has 1 aromatic carbocycles. The van der Waals surface area contributed by atoms with Crippen molar-refractivity contribution >= 4 is 21.9 Å². The normalized spacial score (nSPS) is 21.9. The molecule has 1 aromatic rings. The summed E-state index contributed by atoms with van der Waals surface area (Å²) in [6.07, 6.45) is 7.29. The first-order chi connectivity index (χ1) is 10.6. The number of benzene rings is 1. The van der Waals surface area contributed by atoms with Crippen molar-refractivity contribution in [3.63, 3.8) is 0 Å². The predicted octanol–water partition coefficient (Wildman–Crippen LogP) is 4.33. The summed E-state index contributed by atoms with van der Waals surface area (Å²) in [6, 6.07) is 6.23. The standard InChI is InChI=1S/C18H24BrNO2/c19-16-12-15(18(17(21)22)8-2-1-3-9-18)7-6-14(16)13-20-10-4-5-11-20/h6-7,12H,1-5,8-11,13H2,(H,21,22). The van der Waals surface area contributed by atoms with E-state index in [1.54, 1.807) is 0 Å². The highest BCUT2D eigenvalue weighted by molar-refractivity contribution is 9.10. The van der Waals surface area contributed by atoms with Crippen LogP contribution in [0.25, 0.3) is 0 Å². The predicted molar refractivity (Wildman–Crippen MR) is 91.1 cm³/mol. The van der Waals surface area contributed by atoms with Crippen LogP contribution in [-0.4, -0.2) is 29.1 Å². The molecule has 4 heteroatoms. The Morgan fingerprint density at radius 1 is 1.14 bits per heavy atom. The third kappa shape index (κ3) is 3.09. The average molecular weight is 366 g/mol. The van der Waals surface area contributed by atoms with Crippen molar-refractivity contribution in [3.8, 4) is 0 Å². The maximum atomic E-state index is 11.9. The minimum absolute atomic E-state index is 0.661. The lowest BCUT2D eigenvalue weighted by atomic mass is 9.69. The summed E-state index contributed by atoms with van der Waals surface area (Å²) in [5, 5.41) is 9.81. The number of halogens is 1.